The van der Waals surface area contributed by atoms with Crippen LogP contribution in [-0.4, -0.2) is 79.0 Å². The van der Waals surface area contributed by atoms with E-state index in [0.29, 0.717) is 59.0 Å². The number of carbonyl (C=O) groups is 3. The zero-order valence-corrected chi connectivity index (χ0v) is 28.8. The number of ketones is 2. The first-order valence-corrected chi connectivity index (χ1v) is 17.1. The second kappa shape index (κ2) is 13.0. The summed E-state index contributed by atoms with van der Waals surface area (Å²) in [6.45, 7) is 6.47. The minimum atomic E-state index is -0.612. The number of fused-ring (bicyclic) bond motifs is 1. The van der Waals surface area contributed by atoms with Crippen LogP contribution in [0.25, 0.3) is 22.0 Å². The van der Waals surface area contributed by atoms with Crippen molar-refractivity contribution < 1.29 is 23.9 Å². The maximum Gasteiger partial charge on any atom is 0.245 e. The van der Waals surface area contributed by atoms with Crippen molar-refractivity contribution in [1.82, 2.24) is 29.6 Å². The van der Waals surface area contributed by atoms with Crippen LogP contribution in [-0.2, 0) is 27.3 Å². The number of amides is 1. The van der Waals surface area contributed by atoms with Crippen molar-refractivity contribution in [3.05, 3.63) is 76.2 Å². The van der Waals surface area contributed by atoms with Crippen LogP contribution in [0.3, 0.4) is 0 Å². The third-order valence-electron chi connectivity index (χ3n) is 9.69. The first-order valence-electron chi connectivity index (χ1n) is 16.3. The molecule has 3 aliphatic rings. The number of Topliss-reactive ketones (excluding diaryl/α,β-unsaturated/α-hetero) is 2. The third-order valence-corrected chi connectivity index (χ3v) is 10.1. The Hall–Kier alpha value is -4.29. The van der Waals surface area contributed by atoms with Gasteiger partial charge in [-0.05, 0) is 73.2 Å². The molecule has 248 valence electrons. The summed E-state index contributed by atoms with van der Waals surface area (Å²) >= 11 is 3.42. The van der Waals surface area contributed by atoms with Gasteiger partial charge in [0.05, 0.1) is 43.5 Å². The average Bonchev–Trinajstić information content (AvgIpc) is 3.48. The summed E-state index contributed by atoms with van der Waals surface area (Å²) in [5.74, 6) is 0.726. The van der Waals surface area contributed by atoms with Crippen LogP contribution in [0.15, 0.2) is 53.4 Å². The minimum Gasteiger partial charge on any atom is -0.493 e. The van der Waals surface area contributed by atoms with Gasteiger partial charge in [0.2, 0.25) is 5.91 Å². The van der Waals surface area contributed by atoms with E-state index in [0.717, 1.165) is 36.0 Å². The zero-order valence-electron chi connectivity index (χ0n) is 27.2. The van der Waals surface area contributed by atoms with Crippen molar-refractivity contribution in [3.8, 4) is 16.9 Å². The Kier molecular flexibility index (Phi) is 8.71. The van der Waals surface area contributed by atoms with Crippen molar-refractivity contribution in [1.29, 1.82) is 0 Å². The van der Waals surface area contributed by atoms with E-state index in [-0.39, 0.29) is 47.6 Å². The molecule has 2 fully saturated rings. The number of halogens is 1. The lowest BCUT2D eigenvalue weighted by Gasteiger charge is -2.27. The van der Waals surface area contributed by atoms with Gasteiger partial charge < -0.3 is 14.4 Å². The number of hydrogen-bond donors (Lipinski definition) is 0. The summed E-state index contributed by atoms with van der Waals surface area (Å²) in [6.07, 6.45) is 10.6. The Labute approximate surface area is 286 Å². The zero-order chi connectivity index (χ0) is 33.6. The van der Waals surface area contributed by atoms with Gasteiger partial charge in [-0.25, -0.2) is 15.0 Å². The van der Waals surface area contributed by atoms with Gasteiger partial charge in [-0.2, -0.15) is 5.10 Å². The Balaban J connectivity index is 1.28. The van der Waals surface area contributed by atoms with Gasteiger partial charge in [-0.1, -0.05) is 18.2 Å². The molecule has 1 aromatic carbocycles. The maximum atomic E-state index is 14.3. The predicted molar refractivity (Wildman–Crippen MR) is 182 cm³/mol. The fraction of sp³-hybridized carbons (Fsp3) is 0.417. The molecule has 3 atom stereocenters. The number of piperidine rings is 1. The molecule has 5 heterocycles. The number of allylic oxidation sites excluding steroid dienone is 1. The molecule has 1 saturated carbocycles. The van der Waals surface area contributed by atoms with Crippen LogP contribution < -0.4 is 4.74 Å². The van der Waals surface area contributed by atoms with Crippen molar-refractivity contribution >= 4 is 44.3 Å². The lowest BCUT2D eigenvalue weighted by molar-refractivity contribution is -0.139. The largest absolute Gasteiger partial charge is 0.493 e. The molecule has 2 aliphatic heterocycles. The number of rotatable bonds is 5. The number of ether oxygens (including phenoxy) is 2. The third kappa shape index (κ3) is 6.19. The second-order valence-corrected chi connectivity index (χ2v) is 13.9. The van der Waals surface area contributed by atoms with E-state index in [1.165, 1.54) is 6.92 Å². The number of pyridine rings is 1. The predicted octanol–water partition coefficient (Wildman–Crippen LogP) is 5.39. The molecule has 1 aliphatic carbocycles. The SMILES string of the molecule is CC(=O)c1nn2c3cc(c(-c4cnc(C)nc4)cc13)OCCC/C=C/COC[C@@]13C[C@@H](C(=O)Cc4nc(Br)ccc4C)N(C(=O)C2)[C@@H]1C3. The molecule has 11 nitrogen and oxygen atoms in total. The molecule has 4 aromatic rings. The van der Waals surface area contributed by atoms with Crippen LogP contribution in [0.2, 0.25) is 0 Å². The van der Waals surface area contributed by atoms with E-state index in [4.69, 9.17) is 9.47 Å². The standard InChI is InChI=1S/C36H37BrN6O5/c1-21-8-9-33(37)40-27(21)13-30(45)29-15-36-16-32(36)43(29)34(46)19-42-28-14-31(48-11-7-5-4-6-10-47-20-36)25(24-17-38-23(3)39-18-24)12-26(28)35(41-42)22(2)44/h4,6,8-9,12,14,17-18,29,32H,5,7,10-11,13,15-16,19-20H2,1-3H3/b6-4+/t29-,32+,36-/m0/s1. The van der Waals surface area contributed by atoms with Crippen LogP contribution in [0.5, 0.6) is 5.75 Å². The van der Waals surface area contributed by atoms with E-state index in [1.807, 2.05) is 44.2 Å². The minimum absolute atomic E-state index is 0.0511. The molecule has 0 radical (unpaired) electrons. The fourth-order valence-electron chi connectivity index (χ4n) is 7.04. The molecule has 1 amide bonds. The number of aromatic nitrogens is 5. The van der Waals surface area contributed by atoms with Gasteiger partial charge in [0, 0.05) is 53.4 Å². The number of hydrogen-bond acceptors (Lipinski definition) is 9. The van der Waals surface area contributed by atoms with E-state index in [1.54, 1.807) is 22.0 Å². The molecular weight excluding hydrogens is 676 g/mol. The monoisotopic (exact) mass is 712 g/mol. The lowest BCUT2D eigenvalue weighted by atomic mass is 9.95. The molecule has 3 aromatic heterocycles. The maximum absolute atomic E-state index is 14.3. The Morgan fingerprint density at radius 2 is 1.92 bits per heavy atom. The summed E-state index contributed by atoms with van der Waals surface area (Å²) in [5.41, 5.74) is 3.68. The summed E-state index contributed by atoms with van der Waals surface area (Å²) < 4.78 is 14.7. The molecule has 12 heteroatoms. The Morgan fingerprint density at radius 3 is 2.71 bits per heavy atom. The van der Waals surface area contributed by atoms with Gasteiger partial charge in [0.25, 0.3) is 0 Å². The van der Waals surface area contributed by atoms with Crippen LogP contribution >= 0.6 is 15.9 Å². The van der Waals surface area contributed by atoms with Gasteiger partial charge in [-0.15, -0.1) is 0 Å². The summed E-state index contributed by atoms with van der Waals surface area (Å²) in [5, 5.41) is 5.27. The highest BCUT2D eigenvalue weighted by Crippen LogP contribution is 2.60. The highest BCUT2D eigenvalue weighted by Gasteiger charge is 2.67. The molecule has 1 saturated heterocycles. The summed E-state index contributed by atoms with van der Waals surface area (Å²) in [4.78, 5) is 56.2. The molecule has 0 spiro atoms. The van der Waals surface area contributed by atoms with Crippen molar-refractivity contribution in [2.24, 2.45) is 5.41 Å². The van der Waals surface area contributed by atoms with Gasteiger partial charge in [0.15, 0.2) is 11.6 Å². The van der Waals surface area contributed by atoms with Gasteiger partial charge in [0.1, 0.15) is 28.4 Å². The van der Waals surface area contributed by atoms with E-state index >= 15 is 0 Å². The van der Waals surface area contributed by atoms with Crippen LogP contribution in [0.4, 0.5) is 0 Å². The van der Waals surface area contributed by atoms with Crippen molar-refractivity contribution in [3.63, 3.8) is 0 Å². The van der Waals surface area contributed by atoms with Gasteiger partial charge in [-0.3, -0.25) is 19.1 Å². The van der Waals surface area contributed by atoms with Crippen molar-refractivity contribution in [2.45, 2.75) is 71.5 Å². The van der Waals surface area contributed by atoms with E-state index in [2.05, 4.69) is 42.1 Å². The molecular formula is C36H37BrN6O5. The number of aryl methyl sites for hydroxylation is 2. The normalized spacial score (nSPS) is 23.3. The molecule has 0 N–H and O–H groups in total. The molecule has 48 heavy (non-hydrogen) atoms. The Bertz CT molecular complexity index is 1960. The smallest absolute Gasteiger partial charge is 0.245 e. The van der Waals surface area contributed by atoms with Gasteiger partial charge >= 0.3 is 0 Å². The average molecular weight is 714 g/mol. The Morgan fingerprint density at radius 1 is 1.10 bits per heavy atom. The van der Waals surface area contributed by atoms with E-state index < -0.39 is 6.04 Å². The molecule has 0 unspecified atom stereocenters. The van der Waals surface area contributed by atoms with Crippen LogP contribution in [0, 0.1) is 19.3 Å². The summed E-state index contributed by atoms with van der Waals surface area (Å²) in [6, 6.07) is 6.78. The molecule has 4 bridgehead atoms. The van der Waals surface area contributed by atoms with Crippen molar-refractivity contribution in [2.75, 3.05) is 19.8 Å². The lowest BCUT2D eigenvalue weighted by Crippen LogP contribution is -2.45. The number of nitrogens with zero attached hydrogens (tertiary/aromatic N) is 6. The number of benzene rings is 1. The number of carbonyl (C=O) groups excluding carboxylic acids is 3. The second-order valence-electron chi connectivity index (χ2n) is 13.1. The van der Waals surface area contributed by atoms with E-state index in [9.17, 15) is 14.4 Å². The highest BCUT2D eigenvalue weighted by atomic mass is 79.9. The van der Waals surface area contributed by atoms with Crippen LogP contribution in [0.1, 0.15) is 60.2 Å². The fourth-order valence-corrected chi connectivity index (χ4v) is 7.39. The topological polar surface area (TPSA) is 129 Å². The first-order chi connectivity index (χ1) is 23.1. The quantitative estimate of drug-likeness (QED) is 0.152. The highest BCUT2D eigenvalue weighted by molar-refractivity contribution is 9.10. The first kappa shape index (κ1) is 32.3. The molecule has 7 rings (SSSR count). The summed E-state index contributed by atoms with van der Waals surface area (Å²) in [7, 11) is 0.